The third kappa shape index (κ3) is 10.3. The van der Waals surface area contributed by atoms with Crippen molar-refractivity contribution in [2.24, 2.45) is 5.92 Å². The number of carbonyl (C=O) groups is 3. The van der Waals surface area contributed by atoms with E-state index < -0.39 is 0 Å². The SMILES string of the molecule is CCCC(=O)OCC.CCOC(=O)CCC1CCSC1=O. The van der Waals surface area contributed by atoms with Crippen LogP contribution in [0.1, 0.15) is 52.9 Å². The Morgan fingerprint density at radius 2 is 1.67 bits per heavy atom. The third-order valence-electron chi connectivity index (χ3n) is 2.81. The second-order valence-corrected chi connectivity index (χ2v) is 5.65. The molecule has 0 N–H and O–H groups in total. The van der Waals surface area contributed by atoms with Crippen molar-refractivity contribution in [3.05, 3.63) is 0 Å². The lowest BCUT2D eigenvalue weighted by atomic mass is 10.0. The molecule has 0 aromatic heterocycles. The maximum Gasteiger partial charge on any atom is 0.305 e. The van der Waals surface area contributed by atoms with E-state index in [2.05, 4.69) is 4.74 Å². The number of esters is 2. The molecule has 1 aliphatic rings. The fourth-order valence-corrected chi connectivity index (χ4v) is 2.84. The molecule has 5 nitrogen and oxygen atoms in total. The van der Waals surface area contributed by atoms with E-state index in [4.69, 9.17) is 4.74 Å². The molecule has 0 amide bonds. The Morgan fingerprint density at radius 3 is 2.10 bits per heavy atom. The minimum absolute atomic E-state index is 0.0880. The van der Waals surface area contributed by atoms with Crippen LogP contribution in [0.15, 0.2) is 0 Å². The summed E-state index contributed by atoms with van der Waals surface area (Å²) < 4.78 is 9.42. The fourth-order valence-electron chi connectivity index (χ4n) is 1.76. The number of rotatable bonds is 7. The Bertz CT molecular complexity index is 322. The lowest BCUT2D eigenvalue weighted by molar-refractivity contribution is -0.144. The van der Waals surface area contributed by atoms with E-state index in [1.54, 1.807) is 6.92 Å². The summed E-state index contributed by atoms with van der Waals surface area (Å²) in [4.78, 5) is 32.5. The van der Waals surface area contributed by atoms with Crippen molar-refractivity contribution in [3.63, 3.8) is 0 Å². The van der Waals surface area contributed by atoms with Gasteiger partial charge in [-0.2, -0.15) is 0 Å². The van der Waals surface area contributed by atoms with Crippen LogP contribution in [-0.4, -0.2) is 36.0 Å². The number of carbonyl (C=O) groups excluding carboxylic acids is 3. The van der Waals surface area contributed by atoms with Crippen LogP contribution in [0.25, 0.3) is 0 Å². The predicted octanol–water partition coefficient (Wildman–Crippen LogP) is 2.96. The first-order valence-corrected chi connectivity index (χ1v) is 8.51. The minimum atomic E-state index is -0.188. The van der Waals surface area contributed by atoms with Crippen LogP contribution in [0, 0.1) is 5.92 Å². The molecule has 0 saturated carbocycles. The molecule has 1 unspecified atom stereocenters. The summed E-state index contributed by atoms with van der Waals surface area (Å²) in [5, 5.41) is 0.240. The smallest absolute Gasteiger partial charge is 0.305 e. The first-order valence-electron chi connectivity index (χ1n) is 7.52. The van der Waals surface area contributed by atoms with Gasteiger partial charge < -0.3 is 9.47 Å². The Labute approximate surface area is 131 Å². The van der Waals surface area contributed by atoms with Crippen LogP contribution < -0.4 is 0 Å². The van der Waals surface area contributed by atoms with Gasteiger partial charge in [-0.1, -0.05) is 18.7 Å². The van der Waals surface area contributed by atoms with E-state index in [1.165, 1.54) is 11.8 Å². The van der Waals surface area contributed by atoms with E-state index >= 15 is 0 Å². The summed E-state index contributed by atoms with van der Waals surface area (Å²) in [6.45, 7) is 6.48. The molecule has 0 aliphatic carbocycles. The van der Waals surface area contributed by atoms with Gasteiger partial charge in [0.05, 0.1) is 13.2 Å². The molecule has 1 rings (SSSR count). The van der Waals surface area contributed by atoms with E-state index in [0.717, 1.165) is 18.6 Å². The standard InChI is InChI=1S/C9H14O3S.C6H12O2/c1-2-12-8(10)4-3-7-5-6-13-9(7)11;1-3-5-6(7)8-4-2/h7H,2-6H2,1H3;3-5H2,1-2H3. The second-order valence-electron chi connectivity index (χ2n) is 4.55. The van der Waals surface area contributed by atoms with E-state index in [0.29, 0.717) is 32.5 Å². The fraction of sp³-hybridized carbons (Fsp3) is 0.800. The number of thioether (sulfide) groups is 1. The average Bonchev–Trinajstić information content (AvgIpc) is 2.84. The van der Waals surface area contributed by atoms with Crippen LogP contribution in [0.2, 0.25) is 0 Å². The van der Waals surface area contributed by atoms with Gasteiger partial charge in [-0.15, -0.1) is 0 Å². The zero-order chi connectivity index (χ0) is 16.1. The number of ether oxygens (including phenoxy) is 2. The highest BCUT2D eigenvalue weighted by Gasteiger charge is 2.25. The van der Waals surface area contributed by atoms with Gasteiger partial charge in [0.15, 0.2) is 5.12 Å². The Hall–Kier alpha value is -1.04. The highest BCUT2D eigenvalue weighted by molar-refractivity contribution is 8.14. The summed E-state index contributed by atoms with van der Waals surface area (Å²) >= 11 is 1.38. The van der Waals surface area contributed by atoms with E-state index in [1.807, 2.05) is 13.8 Å². The number of hydrogen-bond acceptors (Lipinski definition) is 6. The van der Waals surface area contributed by atoms with Gasteiger partial charge in [0.2, 0.25) is 0 Å². The summed E-state index contributed by atoms with van der Waals surface area (Å²) in [7, 11) is 0. The van der Waals surface area contributed by atoms with Crippen molar-refractivity contribution in [2.75, 3.05) is 19.0 Å². The van der Waals surface area contributed by atoms with Gasteiger partial charge in [0.1, 0.15) is 0 Å². The second kappa shape index (κ2) is 12.7. The van der Waals surface area contributed by atoms with Crippen LogP contribution in [-0.2, 0) is 23.9 Å². The van der Waals surface area contributed by atoms with Gasteiger partial charge in [-0.05, 0) is 33.1 Å². The van der Waals surface area contributed by atoms with Gasteiger partial charge in [0.25, 0.3) is 0 Å². The molecular formula is C15H26O5S. The first-order chi connectivity index (χ1) is 10.0. The predicted molar refractivity (Wildman–Crippen MR) is 83.0 cm³/mol. The zero-order valence-electron chi connectivity index (χ0n) is 13.2. The Morgan fingerprint density at radius 1 is 1.10 bits per heavy atom. The molecule has 1 fully saturated rings. The van der Waals surface area contributed by atoms with Gasteiger partial charge in [-0.25, -0.2) is 0 Å². The molecule has 0 aromatic rings. The maximum atomic E-state index is 11.2. The molecule has 0 bridgehead atoms. The third-order valence-corrected chi connectivity index (χ3v) is 3.86. The molecule has 21 heavy (non-hydrogen) atoms. The van der Waals surface area contributed by atoms with Gasteiger partial charge in [0, 0.05) is 24.5 Å². The molecule has 6 heteroatoms. The maximum absolute atomic E-state index is 11.2. The molecule has 1 atom stereocenters. The van der Waals surface area contributed by atoms with Crippen molar-refractivity contribution in [1.82, 2.24) is 0 Å². The normalized spacial score (nSPS) is 16.9. The van der Waals surface area contributed by atoms with E-state index in [9.17, 15) is 14.4 Å². The molecule has 1 saturated heterocycles. The van der Waals surface area contributed by atoms with Crippen molar-refractivity contribution in [1.29, 1.82) is 0 Å². The Balaban J connectivity index is 0.000000433. The lowest BCUT2D eigenvalue weighted by Gasteiger charge is -2.05. The molecular weight excluding hydrogens is 292 g/mol. The van der Waals surface area contributed by atoms with Crippen molar-refractivity contribution < 1.29 is 23.9 Å². The van der Waals surface area contributed by atoms with Crippen molar-refractivity contribution >= 4 is 28.8 Å². The molecule has 0 spiro atoms. The molecule has 1 heterocycles. The summed E-state index contributed by atoms with van der Waals surface area (Å²) in [6.07, 6.45) is 3.38. The quantitative estimate of drug-likeness (QED) is 0.672. The van der Waals surface area contributed by atoms with Crippen LogP contribution >= 0.6 is 11.8 Å². The molecule has 122 valence electrons. The molecule has 1 aliphatic heterocycles. The highest BCUT2D eigenvalue weighted by atomic mass is 32.2. The molecule has 0 aromatic carbocycles. The van der Waals surface area contributed by atoms with Crippen molar-refractivity contribution in [2.45, 2.75) is 52.9 Å². The summed E-state index contributed by atoms with van der Waals surface area (Å²) in [5.74, 6) is 0.725. The Kier molecular flexibility index (Phi) is 12.1. The van der Waals surface area contributed by atoms with Crippen LogP contribution in [0.3, 0.4) is 0 Å². The summed E-state index contributed by atoms with van der Waals surface area (Å²) in [6, 6.07) is 0. The van der Waals surface area contributed by atoms with Gasteiger partial charge >= 0.3 is 11.9 Å². The minimum Gasteiger partial charge on any atom is -0.466 e. The highest BCUT2D eigenvalue weighted by Crippen LogP contribution is 2.28. The zero-order valence-corrected chi connectivity index (χ0v) is 14.0. The van der Waals surface area contributed by atoms with Crippen LogP contribution in [0.4, 0.5) is 0 Å². The average molecular weight is 318 g/mol. The van der Waals surface area contributed by atoms with Crippen molar-refractivity contribution in [3.8, 4) is 0 Å². The van der Waals surface area contributed by atoms with Crippen LogP contribution in [0.5, 0.6) is 0 Å². The lowest BCUT2D eigenvalue weighted by Crippen LogP contribution is -2.10. The van der Waals surface area contributed by atoms with E-state index in [-0.39, 0.29) is 23.0 Å². The topological polar surface area (TPSA) is 69.7 Å². The largest absolute Gasteiger partial charge is 0.466 e. The summed E-state index contributed by atoms with van der Waals surface area (Å²) in [5.41, 5.74) is 0. The number of hydrogen-bond donors (Lipinski definition) is 0. The molecule has 0 radical (unpaired) electrons. The first kappa shape index (κ1) is 20.0. The van der Waals surface area contributed by atoms with Gasteiger partial charge in [-0.3, -0.25) is 14.4 Å². The monoisotopic (exact) mass is 318 g/mol.